The molecule has 0 aliphatic carbocycles. The predicted octanol–water partition coefficient (Wildman–Crippen LogP) is 4.13. The molecule has 1 fully saturated rings. The standard InChI is InChI=1S/C26H25N3O2/c30-25(20-6-2-1-3-7-20)28-16-12-22(13-17-28)29-24(19-10-14-27-15-11-19)18-21-8-4-5-9-23(21)26(29)31/h1-11,14-15,22,24H,12-13,16-18H2. The Hall–Kier alpha value is -3.47. The van der Waals surface area contributed by atoms with Gasteiger partial charge in [0.1, 0.15) is 0 Å². The van der Waals surface area contributed by atoms with E-state index in [9.17, 15) is 9.59 Å². The summed E-state index contributed by atoms with van der Waals surface area (Å²) in [5, 5.41) is 0. The van der Waals surface area contributed by atoms with Gasteiger partial charge in [0.15, 0.2) is 0 Å². The summed E-state index contributed by atoms with van der Waals surface area (Å²) in [4.78, 5) is 34.5. The second-order valence-corrected chi connectivity index (χ2v) is 8.26. The van der Waals surface area contributed by atoms with Gasteiger partial charge in [-0.2, -0.15) is 0 Å². The van der Waals surface area contributed by atoms with Gasteiger partial charge in [0.25, 0.3) is 11.8 Å². The van der Waals surface area contributed by atoms with Crippen LogP contribution in [0.15, 0.2) is 79.1 Å². The Bertz CT molecular complexity index is 1080. The van der Waals surface area contributed by atoms with E-state index in [1.807, 2.05) is 65.6 Å². The van der Waals surface area contributed by atoms with Crippen molar-refractivity contribution in [3.05, 3.63) is 101 Å². The van der Waals surface area contributed by atoms with Crippen LogP contribution in [0.2, 0.25) is 0 Å². The highest BCUT2D eigenvalue weighted by Gasteiger charge is 2.39. The van der Waals surface area contributed by atoms with Crippen molar-refractivity contribution in [2.75, 3.05) is 13.1 Å². The third-order valence-corrected chi connectivity index (χ3v) is 6.49. The molecule has 1 saturated heterocycles. The van der Waals surface area contributed by atoms with Gasteiger partial charge < -0.3 is 9.80 Å². The molecular weight excluding hydrogens is 386 g/mol. The molecule has 2 amide bonds. The molecule has 3 heterocycles. The van der Waals surface area contributed by atoms with Crippen molar-refractivity contribution in [1.29, 1.82) is 0 Å². The second-order valence-electron chi connectivity index (χ2n) is 8.26. The second kappa shape index (κ2) is 8.34. The number of hydrogen-bond donors (Lipinski definition) is 0. The van der Waals surface area contributed by atoms with Gasteiger partial charge in [0.05, 0.1) is 6.04 Å². The lowest BCUT2D eigenvalue weighted by Crippen LogP contribution is -2.52. The predicted molar refractivity (Wildman–Crippen MR) is 119 cm³/mol. The first-order valence-electron chi connectivity index (χ1n) is 10.9. The van der Waals surface area contributed by atoms with Gasteiger partial charge in [0, 0.05) is 42.7 Å². The fourth-order valence-electron chi connectivity index (χ4n) is 4.89. The van der Waals surface area contributed by atoms with Crippen LogP contribution in [0.4, 0.5) is 0 Å². The number of rotatable bonds is 3. The molecule has 5 nitrogen and oxygen atoms in total. The van der Waals surface area contributed by atoms with Crippen molar-refractivity contribution in [2.45, 2.75) is 31.3 Å². The van der Waals surface area contributed by atoms with Gasteiger partial charge in [0.2, 0.25) is 0 Å². The maximum Gasteiger partial charge on any atom is 0.254 e. The summed E-state index contributed by atoms with van der Waals surface area (Å²) in [6.07, 6.45) is 5.95. The molecule has 3 aromatic rings. The molecule has 0 spiro atoms. The quantitative estimate of drug-likeness (QED) is 0.651. The molecule has 2 aliphatic heterocycles. The largest absolute Gasteiger partial charge is 0.338 e. The van der Waals surface area contributed by atoms with E-state index in [1.54, 1.807) is 12.4 Å². The summed E-state index contributed by atoms with van der Waals surface area (Å²) in [7, 11) is 0. The van der Waals surface area contributed by atoms with Gasteiger partial charge in [-0.1, -0.05) is 36.4 Å². The third-order valence-electron chi connectivity index (χ3n) is 6.49. The van der Waals surface area contributed by atoms with Crippen molar-refractivity contribution < 1.29 is 9.59 Å². The van der Waals surface area contributed by atoms with Crippen LogP contribution in [-0.2, 0) is 6.42 Å². The monoisotopic (exact) mass is 411 g/mol. The molecule has 0 saturated carbocycles. The van der Waals surface area contributed by atoms with Crippen LogP contribution in [0.3, 0.4) is 0 Å². The number of fused-ring (bicyclic) bond motifs is 1. The number of nitrogens with zero attached hydrogens (tertiary/aromatic N) is 3. The minimum absolute atomic E-state index is 0.00762. The Morgan fingerprint density at radius 2 is 1.55 bits per heavy atom. The van der Waals surface area contributed by atoms with Crippen LogP contribution in [0.25, 0.3) is 0 Å². The fraction of sp³-hybridized carbons (Fsp3) is 0.269. The molecular formula is C26H25N3O2. The zero-order valence-corrected chi connectivity index (χ0v) is 17.4. The molecule has 0 radical (unpaired) electrons. The number of aromatic nitrogens is 1. The summed E-state index contributed by atoms with van der Waals surface area (Å²) in [5.41, 5.74) is 3.73. The van der Waals surface area contributed by atoms with Crippen molar-refractivity contribution in [3.8, 4) is 0 Å². The Morgan fingerprint density at radius 1 is 0.871 bits per heavy atom. The molecule has 1 aromatic heterocycles. The van der Waals surface area contributed by atoms with Crippen molar-refractivity contribution >= 4 is 11.8 Å². The molecule has 5 heteroatoms. The smallest absolute Gasteiger partial charge is 0.254 e. The Morgan fingerprint density at radius 3 is 2.29 bits per heavy atom. The number of benzene rings is 2. The van der Waals surface area contributed by atoms with E-state index in [-0.39, 0.29) is 23.9 Å². The van der Waals surface area contributed by atoms with E-state index in [2.05, 4.69) is 16.0 Å². The highest BCUT2D eigenvalue weighted by Crippen LogP contribution is 2.37. The number of carbonyl (C=O) groups is 2. The number of pyridine rings is 1. The van der Waals surface area contributed by atoms with E-state index < -0.39 is 0 Å². The van der Waals surface area contributed by atoms with Gasteiger partial charge in [-0.15, -0.1) is 0 Å². The van der Waals surface area contributed by atoms with Crippen LogP contribution >= 0.6 is 0 Å². The fourth-order valence-corrected chi connectivity index (χ4v) is 4.89. The van der Waals surface area contributed by atoms with E-state index in [0.29, 0.717) is 13.1 Å². The Kier molecular flexibility index (Phi) is 5.24. The lowest BCUT2D eigenvalue weighted by Gasteiger charge is -2.45. The molecule has 0 N–H and O–H groups in total. The molecule has 31 heavy (non-hydrogen) atoms. The summed E-state index contributed by atoms with van der Waals surface area (Å²) < 4.78 is 0. The van der Waals surface area contributed by atoms with Crippen LogP contribution < -0.4 is 0 Å². The van der Waals surface area contributed by atoms with Crippen molar-refractivity contribution in [1.82, 2.24) is 14.8 Å². The number of likely N-dealkylation sites (tertiary alicyclic amines) is 1. The molecule has 5 rings (SSSR count). The van der Waals surface area contributed by atoms with E-state index in [1.165, 1.54) is 0 Å². The van der Waals surface area contributed by atoms with Crippen LogP contribution in [0.1, 0.15) is 50.7 Å². The van der Waals surface area contributed by atoms with Gasteiger partial charge in [-0.25, -0.2) is 0 Å². The molecule has 1 unspecified atom stereocenters. The summed E-state index contributed by atoms with van der Waals surface area (Å²) >= 11 is 0. The zero-order chi connectivity index (χ0) is 21.2. The number of piperidine rings is 1. The summed E-state index contributed by atoms with van der Waals surface area (Å²) in [6, 6.07) is 21.5. The van der Waals surface area contributed by atoms with Crippen LogP contribution in [-0.4, -0.2) is 45.7 Å². The number of amides is 2. The minimum Gasteiger partial charge on any atom is -0.338 e. The summed E-state index contributed by atoms with van der Waals surface area (Å²) in [5.74, 6) is 0.163. The van der Waals surface area contributed by atoms with Crippen LogP contribution in [0, 0.1) is 0 Å². The van der Waals surface area contributed by atoms with Crippen molar-refractivity contribution in [2.24, 2.45) is 0 Å². The molecule has 1 atom stereocenters. The highest BCUT2D eigenvalue weighted by molar-refractivity contribution is 5.97. The van der Waals surface area contributed by atoms with Gasteiger partial charge in [-0.3, -0.25) is 14.6 Å². The van der Waals surface area contributed by atoms with Crippen molar-refractivity contribution in [3.63, 3.8) is 0 Å². The van der Waals surface area contributed by atoms with Crippen LogP contribution in [0.5, 0.6) is 0 Å². The molecule has 2 aliphatic rings. The van der Waals surface area contributed by atoms with E-state index in [0.717, 1.165) is 41.5 Å². The topological polar surface area (TPSA) is 53.5 Å². The average molecular weight is 412 g/mol. The molecule has 2 aromatic carbocycles. The van der Waals surface area contributed by atoms with Gasteiger partial charge in [-0.05, 0) is 60.7 Å². The first-order valence-corrected chi connectivity index (χ1v) is 10.9. The number of hydrogen-bond acceptors (Lipinski definition) is 3. The molecule has 156 valence electrons. The Balaban J connectivity index is 1.39. The number of carbonyl (C=O) groups excluding carboxylic acids is 2. The maximum absolute atomic E-state index is 13.6. The minimum atomic E-state index is -0.00762. The Labute approximate surface area is 182 Å². The molecule has 0 bridgehead atoms. The van der Waals surface area contributed by atoms with Gasteiger partial charge >= 0.3 is 0 Å². The maximum atomic E-state index is 13.6. The average Bonchev–Trinajstić information content (AvgIpc) is 2.85. The summed E-state index contributed by atoms with van der Waals surface area (Å²) in [6.45, 7) is 1.32. The lowest BCUT2D eigenvalue weighted by molar-refractivity contribution is 0.0379. The normalized spacial score (nSPS) is 19.2. The zero-order valence-electron chi connectivity index (χ0n) is 17.4. The first kappa shape index (κ1) is 19.5. The highest BCUT2D eigenvalue weighted by atomic mass is 16.2. The first-order chi connectivity index (χ1) is 15.2. The lowest BCUT2D eigenvalue weighted by atomic mass is 9.87. The van der Waals surface area contributed by atoms with E-state index in [4.69, 9.17) is 0 Å². The SMILES string of the molecule is O=C(c1ccccc1)N1CCC(N2C(=O)c3ccccc3CC2c2ccncc2)CC1. The third kappa shape index (κ3) is 3.72. The van der Waals surface area contributed by atoms with E-state index >= 15 is 0 Å².